The minimum Gasteiger partial charge on any atom is -0.504 e. The number of methoxy groups -OCH3 is 1. The molecule has 0 aliphatic rings. The van der Waals surface area contributed by atoms with Gasteiger partial charge in [-0.3, -0.25) is 0 Å². The molecular weight excluding hydrogens is 187 g/mol. The maximum Gasteiger partial charge on any atom is 0.163 e. The Bertz CT molecular complexity index is 323. The van der Waals surface area contributed by atoms with Gasteiger partial charge in [-0.15, -0.1) is 0 Å². The monoisotopic (exact) mass is 200 g/mol. The number of phenolic OH excluding ortho intramolecular Hbond substituents is 1. The number of aliphatic hydroxyl groups is 1. The van der Waals surface area contributed by atoms with E-state index in [9.17, 15) is 9.50 Å². The molecule has 3 nitrogen and oxygen atoms in total. The number of hydrogen-bond acceptors (Lipinski definition) is 3. The van der Waals surface area contributed by atoms with Crippen molar-refractivity contribution < 1.29 is 19.3 Å². The normalized spacial score (nSPS) is 12.6. The SMILES string of the molecule is COc1cc(F)c(CC(C)O)cc1O. The number of ether oxygens (including phenoxy) is 1. The summed E-state index contributed by atoms with van der Waals surface area (Å²) in [5.74, 6) is -0.512. The second-order valence-corrected chi connectivity index (χ2v) is 3.17. The molecule has 0 aromatic heterocycles. The molecule has 0 fully saturated rings. The van der Waals surface area contributed by atoms with E-state index in [1.807, 2.05) is 0 Å². The van der Waals surface area contributed by atoms with Gasteiger partial charge in [-0.1, -0.05) is 0 Å². The van der Waals surface area contributed by atoms with Crippen molar-refractivity contribution in [3.8, 4) is 11.5 Å². The summed E-state index contributed by atoms with van der Waals surface area (Å²) in [6, 6.07) is 2.37. The topological polar surface area (TPSA) is 49.7 Å². The van der Waals surface area contributed by atoms with Crippen molar-refractivity contribution in [3.63, 3.8) is 0 Å². The number of aromatic hydroxyl groups is 1. The van der Waals surface area contributed by atoms with Gasteiger partial charge in [-0.25, -0.2) is 4.39 Å². The zero-order valence-electron chi connectivity index (χ0n) is 8.12. The zero-order chi connectivity index (χ0) is 10.7. The van der Waals surface area contributed by atoms with Crippen LogP contribution in [-0.2, 0) is 6.42 Å². The van der Waals surface area contributed by atoms with Crippen LogP contribution in [0, 0.1) is 5.82 Å². The van der Waals surface area contributed by atoms with Crippen molar-refractivity contribution in [2.75, 3.05) is 7.11 Å². The number of halogens is 1. The molecule has 0 bridgehead atoms. The third-order valence-corrected chi connectivity index (χ3v) is 1.86. The molecule has 0 aliphatic carbocycles. The van der Waals surface area contributed by atoms with Crippen molar-refractivity contribution >= 4 is 0 Å². The Hall–Kier alpha value is -1.29. The lowest BCUT2D eigenvalue weighted by atomic mass is 10.1. The Balaban J connectivity index is 3.02. The van der Waals surface area contributed by atoms with E-state index in [0.717, 1.165) is 6.07 Å². The Morgan fingerprint density at radius 3 is 2.64 bits per heavy atom. The van der Waals surface area contributed by atoms with Gasteiger partial charge in [0.2, 0.25) is 0 Å². The summed E-state index contributed by atoms with van der Waals surface area (Å²) in [5.41, 5.74) is 0.276. The van der Waals surface area contributed by atoms with E-state index in [1.165, 1.54) is 13.2 Å². The van der Waals surface area contributed by atoms with Crippen molar-refractivity contribution in [1.82, 2.24) is 0 Å². The summed E-state index contributed by atoms with van der Waals surface area (Å²) in [5, 5.41) is 18.4. The Labute approximate surface area is 81.8 Å². The first-order chi connectivity index (χ1) is 6.54. The zero-order valence-corrected chi connectivity index (χ0v) is 8.12. The number of benzene rings is 1. The molecule has 0 spiro atoms. The Morgan fingerprint density at radius 2 is 2.14 bits per heavy atom. The fourth-order valence-electron chi connectivity index (χ4n) is 1.23. The van der Waals surface area contributed by atoms with Gasteiger partial charge in [0.25, 0.3) is 0 Å². The minimum atomic E-state index is -0.641. The molecule has 4 heteroatoms. The molecule has 1 unspecified atom stereocenters. The first kappa shape index (κ1) is 10.8. The van der Waals surface area contributed by atoms with Crippen molar-refractivity contribution in [3.05, 3.63) is 23.5 Å². The summed E-state index contributed by atoms with van der Waals surface area (Å²) in [4.78, 5) is 0. The van der Waals surface area contributed by atoms with Crippen LogP contribution in [0.25, 0.3) is 0 Å². The molecular formula is C10H13FO3. The molecule has 78 valence electrons. The highest BCUT2D eigenvalue weighted by molar-refractivity contribution is 5.42. The summed E-state index contributed by atoms with van der Waals surface area (Å²) in [7, 11) is 1.35. The molecule has 0 saturated carbocycles. The van der Waals surface area contributed by atoms with Crippen molar-refractivity contribution in [1.29, 1.82) is 0 Å². The van der Waals surface area contributed by atoms with E-state index < -0.39 is 11.9 Å². The highest BCUT2D eigenvalue weighted by atomic mass is 19.1. The lowest BCUT2D eigenvalue weighted by molar-refractivity contribution is 0.194. The van der Waals surface area contributed by atoms with Crippen LogP contribution in [0.3, 0.4) is 0 Å². The molecule has 1 atom stereocenters. The third kappa shape index (κ3) is 2.35. The van der Waals surface area contributed by atoms with Crippen LogP contribution >= 0.6 is 0 Å². The van der Waals surface area contributed by atoms with Gasteiger partial charge < -0.3 is 14.9 Å². The van der Waals surface area contributed by atoms with Gasteiger partial charge in [-0.05, 0) is 18.6 Å². The molecule has 1 aromatic carbocycles. The van der Waals surface area contributed by atoms with Gasteiger partial charge in [0.05, 0.1) is 13.2 Å². The molecule has 0 heterocycles. The maximum atomic E-state index is 13.3. The van der Waals surface area contributed by atoms with Crippen molar-refractivity contribution in [2.24, 2.45) is 0 Å². The van der Waals surface area contributed by atoms with Crippen LogP contribution in [0.1, 0.15) is 12.5 Å². The van der Waals surface area contributed by atoms with E-state index in [0.29, 0.717) is 0 Å². The molecule has 2 N–H and O–H groups in total. The molecule has 0 amide bonds. The predicted octanol–water partition coefficient (Wildman–Crippen LogP) is 1.46. The molecule has 1 aromatic rings. The van der Waals surface area contributed by atoms with Gasteiger partial charge in [-0.2, -0.15) is 0 Å². The first-order valence-corrected chi connectivity index (χ1v) is 4.28. The summed E-state index contributed by atoms with van der Waals surface area (Å²) in [6.45, 7) is 1.56. The van der Waals surface area contributed by atoms with Crippen LogP contribution in [0.15, 0.2) is 12.1 Å². The third-order valence-electron chi connectivity index (χ3n) is 1.86. The van der Waals surface area contributed by atoms with E-state index in [2.05, 4.69) is 0 Å². The Kier molecular flexibility index (Phi) is 3.30. The first-order valence-electron chi connectivity index (χ1n) is 4.28. The van der Waals surface area contributed by atoms with Gasteiger partial charge in [0.15, 0.2) is 11.5 Å². The standard InChI is InChI=1S/C10H13FO3/c1-6(12)3-7-4-9(13)10(14-2)5-8(7)11/h4-6,12-13H,3H2,1-2H3. The molecule has 0 aliphatic heterocycles. The molecule has 1 rings (SSSR count). The van der Waals surface area contributed by atoms with Crippen LogP contribution in [-0.4, -0.2) is 23.4 Å². The predicted molar refractivity (Wildman–Crippen MR) is 50.0 cm³/mol. The van der Waals surface area contributed by atoms with Crippen LogP contribution < -0.4 is 4.74 Å². The average Bonchev–Trinajstić information content (AvgIpc) is 2.10. The quantitative estimate of drug-likeness (QED) is 0.776. The Morgan fingerprint density at radius 1 is 1.50 bits per heavy atom. The molecule has 0 saturated heterocycles. The lowest BCUT2D eigenvalue weighted by Gasteiger charge is -2.09. The fourth-order valence-corrected chi connectivity index (χ4v) is 1.23. The minimum absolute atomic E-state index is 0.0943. The molecule has 14 heavy (non-hydrogen) atoms. The van der Waals surface area contributed by atoms with Gasteiger partial charge in [0, 0.05) is 12.5 Å². The number of rotatable bonds is 3. The number of aliphatic hydroxyl groups excluding tert-OH is 1. The number of hydrogen-bond donors (Lipinski definition) is 2. The van der Waals surface area contributed by atoms with E-state index in [4.69, 9.17) is 9.84 Å². The lowest BCUT2D eigenvalue weighted by Crippen LogP contribution is -2.06. The van der Waals surface area contributed by atoms with Gasteiger partial charge in [0.1, 0.15) is 5.82 Å². The van der Waals surface area contributed by atoms with Crippen LogP contribution in [0.2, 0.25) is 0 Å². The highest BCUT2D eigenvalue weighted by Crippen LogP contribution is 2.29. The van der Waals surface area contributed by atoms with Gasteiger partial charge >= 0.3 is 0 Å². The summed E-state index contributed by atoms with van der Waals surface area (Å²) in [6.07, 6.45) is -0.471. The summed E-state index contributed by atoms with van der Waals surface area (Å²) >= 11 is 0. The smallest absolute Gasteiger partial charge is 0.163 e. The average molecular weight is 200 g/mol. The van der Waals surface area contributed by atoms with Crippen LogP contribution in [0.4, 0.5) is 4.39 Å². The summed E-state index contributed by atoms with van der Waals surface area (Å²) < 4.78 is 18.0. The van der Waals surface area contributed by atoms with Crippen LogP contribution in [0.5, 0.6) is 11.5 Å². The van der Waals surface area contributed by atoms with E-state index >= 15 is 0 Å². The van der Waals surface area contributed by atoms with E-state index in [-0.39, 0.29) is 23.5 Å². The second kappa shape index (κ2) is 4.28. The van der Waals surface area contributed by atoms with E-state index in [1.54, 1.807) is 6.92 Å². The van der Waals surface area contributed by atoms with Crippen molar-refractivity contribution in [2.45, 2.75) is 19.4 Å². The number of phenols is 1. The highest BCUT2D eigenvalue weighted by Gasteiger charge is 2.11. The molecule has 0 radical (unpaired) electrons. The largest absolute Gasteiger partial charge is 0.504 e. The maximum absolute atomic E-state index is 13.3. The second-order valence-electron chi connectivity index (χ2n) is 3.17. The fraction of sp³-hybridized carbons (Fsp3) is 0.400.